The van der Waals surface area contributed by atoms with Crippen LogP contribution in [0.25, 0.3) is 22.8 Å². The summed E-state index contributed by atoms with van der Waals surface area (Å²) in [6.07, 6.45) is -2.63. The molecule has 0 radical (unpaired) electrons. The van der Waals surface area contributed by atoms with Crippen molar-refractivity contribution < 1.29 is 22.3 Å². The average molecular weight is 700 g/mol. The highest BCUT2D eigenvalue weighted by atomic mass is 32.2. The van der Waals surface area contributed by atoms with Crippen molar-refractivity contribution in [2.75, 3.05) is 12.3 Å². The Morgan fingerprint density at radius 3 is 2.42 bits per heavy atom. The van der Waals surface area contributed by atoms with E-state index in [0.717, 1.165) is 22.4 Å². The van der Waals surface area contributed by atoms with Crippen LogP contribution in [0.4, 0.5) is 17.6 Å². The molecule has 0 unspecified atom stereocenters. The van der Waals surface area contributed by atoms with E-state index in [1.54, 1.807) is 14.6 Å². The fraction of sp³-hybridized carbons (Fsp3) is 0.303. The highest BCUT2D eigenvalue weighted by Crippen LogP contribution is 2.25. The predicted molar refractivity (Wildman–Crippen MR) is 181 cm³/mol. The van der Waals surface area contributed by atoms with Gasteiger partial charge in [-0.2, -0.15) is 4.99 Å². The quantitative estimate of drug-likeness (QED) is 0.0862. The summed E-state index contributed by atoms with van der Waals surface area (Å²) in [6.45, 7) is 8.75. The Bertz CT molecular complexity index is 2010. The highest BCUT2D eigenvalue weighted by molar-refractivity contribution is 8.13. The second-order valence-corrected chi connectivity index (χ2v) is 13.0. The minimum atomic E-state index is -4.76. The number of aromatic nitrogens is 5. The number of ether oxygens (including phenoxy) is 1. The number of benzene rings is 3. The summed E-state index contributed by atoms with van der Waals surface area (Å²) in [6, 6.07) is 17.5. The van der Waals surface area contributed by atoms with Crippen molar-refractivity contribution in [1.29, 1.82) is 0 Å². The van der Waals surface area contributed by atoms with Crippen molar-refractivity contribution in [2.24, 2.45) is 9.98 Å². The zero-order chi connectivity index (χ0) is 34.4. The lowest BCUT2D eigenvalue weighted by atomic mass is 10.0. The van der Waals surface area contributed by atoms with Gasteiger partial charge in [0.2, 0.25) is 4.80 Å². The molecule has 0 bridgehead atoms. The smallest absolute Gasteiger partial charge is 0.406 e. The van der Waals surface area contributed by atoms with Gasteiger partial charge in [-0.1, -0.05) is 56.8 Å². The molecule has 0 saturated carbocycles. The molecule has 5 aromatic rings. The summed E-state index contributed by atoms with van der Waals surface area (Å²) in [5.41, 5.74) is 3.43. The van der Waals surface area contributed by atoms with Gasteiger partial charge in [-0.15, -0.1) is 18.3 Å². The maximum Gasteiger partial charge on any atom is 0.573 e. The Kier molecular flexibility index (Phi) is 11.0. The summed E-state index contributed by atoms with van der Waals surface area (Å²) in [7, 11) is 0. The van der Waals surface area contributed by atoms with Crippen molar-refractivity contribution in [1.82, 2.24) is 23.3 Å². The molecule has 0 N–H and O–H groups in total. The molecule has 0 fully saturated rings. The van der Waals surface area contributed by atoms with Crippen LogP contribution in [0.15, 0.2) is 87.8 Å². The number of alkyl halides is 3. The summed E-state index contributed by atoms with van der Waals surface area (Å²) in [4.78, 5) is 27.7. The van der Waals surface area contributed by atoms with Crippen LogP contribution in [0.1, 0.15) is 44.7 Å². The number of rotatable bonds is 10. The second kappa shape index (κ2) is 15.2. The Balaban J connectivity index is 1.32. The summed E-state index contributed by atoms with van der Waals surface area (Å²) >= 11 is 2.72. The van der Waals surface area contributed by atoms with Gasteiger partial charge in [-0.3, -0.25) is 4.99 Å². The van der Waals surface area contributed by atoms with E-state index in [4.69, 9.17) is 9.98 Å². The molecule has 252 valence electrons. The van der Waals surface area contributed by atoms with Gasteiger partial charge in [0.05, 0.1) is 11.4 Å². The van der Waals surface area contributed by atoms with Crippen LogP contribution in [0.2, 0.25) is 0 Å². The van der Waals surface area contributed by atoms with Crippen molar-refractivity contribution in [2.45, 2.75) is 52.9 Å². The van der Waals surface area contributed by atoms with E-state index in [2.05, 4.69) is 14.8 Å². The van der Waals surface area contributed by atoms with Gasteiger partial charge < -0.3 is 4.74 Å². The number of thioether (sulfide) groups is 1. The van der Waals surface area contributed by atoms with Gasteiger partial charge >= 0.3 is 12.1 Å². The van der Waals surface area contributed by atoms with Crippen LogP contribution in [-0.4, -0.2) is 47.1 Å². The Morgan fingerprint density at radius 2 is 1.77 bits per heavy atom. The van der Waals surface area contributed by atoms with Gasteiger partial charge in [0.15, 0.2) is 11.0 Å². The Morgan fingerprint density at radius 1 is 1.04 bits per heavy atom. The van der Waals surface area contributed by atoms with Crippen LogP contribution in [-0.2, 0) is 13.0 Å². The van der Waals surface area contributed by atoms with Crippen LogP contribution in [0, 0.1) is 5.82 Å². The molecule has 0 spiro atoms. The highest BCUT2D eigenvalue weighted by Gasteiger charge is 2.31. The first-order chi connectivity index (χ1) is 23.0. The molecule has 0 aliphatic rings. The van der Waals surface area contributed by atoms with E-state index < -0.39 is 6.36 Å². The predicted octanol–water partition coefficient (Wildman–Crippen LogP) is 7.38. The van der Waals surface area contributed by atoms with E-state index >= 15 is 0 Å². The third-order valence-corrected chi connectivity index (χ3v) is 8.92. The minimum absolute atomic E-state index is 0.0102. The summed E-state index contributed by atoms with van der Waals surface area (Å²) < 4.78 is 60.0. The minimum Gasteiger partial charge on any atom is -0.406 e. The molecular formula is C33H33F4N7O2S2. The summed E-state index contributed by atoms with van der Waals surface area (Å²) in [5.74, 6) is 0.511. The van der Waals surface area contributed by atoms with Crippen molar-refractivity contribution in [3.63, 3.8) is 0 Å². The number of hydrogen-bond donors (Lipinski definition) is 0. The van der Waals surface area contributed by atoms with E-state index in [0.29, 0.717) is 46.7 Å². The molecule has 48 heavy (non-hydrogen) atoms. The van der Waals surface area contributed by atoms with Gasteiger partial charge in [-0.05, 0) is 90.1 Å². The van der Waals surface area contributed by atoms with Crippen molar-refractivity contribution in [3.8, 4) is 28.5 Å². The molecule has 0 saturated heterocycles. The van der Waals surface area contributed by atoms with Crippen LogP contribution >= 0.6 is 23.3 Å². The molecule has 3 aromatic carbocycles. The maximum atomic E-state index is 14.1. The van der Waals surface area contributed by atoms with Crippen LogP contribution < -0.4 is 15.2 Å². The Labute approximate surface area is 282 Å². The van der Waals surface area contributed by atoms with E-state index in [1.165, 1.54) is 70.7 Å². The Hall–Kier alpha value is -4.50. The number of aliphatic imine (C=N–C) groups is 1. The van der Waals surface area contributed by atoms with Gasteiger partial charge in [0.25, 0.3) is 0 Å². The number of halogens is 4. The summed E-state index contributed by atoms with van der Waals surface area (Å²) in [5, 5.41) is 5.00. The SMILES string of the molecule is CCSC(=NCCc1ccc(-c2ncn(-c3ccc(OC(F)(F)F)cc3)n2)cc1)N=c1sn(CC)c(=O)n1-c1ccc(F)cc1C(C)C. The normalized spacial score (nSPS) is 12.7. The zero-order valence-corrected chi connectivity index (χ0v) is 28.2. The first kappa shape index (κ1) is 34.8. The monoisotopic (exact) mass is 699 g/mol. The lowest BCUT2D eigenvalue weighted by Crippen LogP contribution is -2.29. The molecule has 0 aliphatic carbocycles. The van der Waals surface area contributed by atoms with Gasteiger partial charge in [-0.25, -0.2) is 27.4 Å². The third-order valence-electron chi connectivity index (χ3n) is 7.08. The topological polar surface area (TPSA) is 91.6 Å². The molecule has 0 aliphatic heterocycles. The molecule has 9 nitrogen and oxygen atoms in total. The fourth-order valence-electron chi connectivity index (χ4n) is 4.79. The van der Waals surface area contributed by atoms with E-state index in [9.17, 15) is 22.4 Å². The van der Waals surface area contributed by atoms with Crippen molar-refractivity contribution in [3.05, 3.63) is 105 Å². The fourth-order valence-corrected chi connectivity index (χ4v) is 6.31. The third kappa shape index (κ3) is 8.50. The van der Waals surface area contributed by atoms with Gasteiger partial charge in [0.1, 0.15) is 17.9 Å². The molecule has 5 rings (SSSR count). The van der Waals surface area contributed by atoms with Crippen molar-refractivity contribution >= 4 is 28.5 Å². The molecule has 0 amide bonds. The van der Waals surface area contributed by atoms with E-state index in [1.807, 2.05) is 52.0 Å². The lowest BCUT2D eigenvalue weighted by molar-refractivity contribution is -0.274. The molecule has 2 aromatic heterocycles. The maximum absolute atomic E-state index is 14.1. The van der Waals surface area contributed by atoms with Crippen LogP contribution in [0.5, 0.6) is 5.75 Å². The second-order valence-electron chi connectivity index (χ2n) is 10.8. The average Bonchev–Trinajstić information content (AvgIpc) is 3.66. The first-order valence-electron chi connectivity index (χ1n) is 15.2. The lowest BCUT2D eigenvalue weighted by Gasteiger charge is -2.13. The molecular weight excluding hydrogens is 667 g/mol. The van der Waals surface area contributed by atoms with E-state index in [-0.39, 0.29) is 23.2 Å². The molecule has 2 heterocycles. The van der Waals surface area contributed by atoms with Gasteiger partial charge in [0, 0.05) is 18.7 Å². The first-order valence-corrected chi connectivity index (χ1v) is 16.9. The number of nitrogens with zero attached hydrogens (tertiary/aromatic N) is 7. The molecule has 15 heteroatoms. The number of amidine groups is 1. The largest absolute Gasteiger partial charge is 0.573 e. The number of hydrogen-bond acceptors (Lipinski definition) is 7. The standard InChI is InChI=1S/C33H33F4N7O2S2/c1-5-43-32(45)44(28-16-11-24(34)19-27(28)21(3)4)31(48-43)40-30(47-6-2)38-18-17-22-7-9-23(10-8-22)29-39-20-42(41-29)25-12-14-26(15-13-25)46-33(35,36)37/h7-16,19-21H,5-6,17-18H2,1-4H3. The number of aryl methyl sites for hydroxylation is 1. The zero-order valence-electron chi connectivity index (χ0n) is 26.6. The molecule has 0 atom stereocenters. The van der Waals surface area contributed by atoms with Crippen LogP contribution in [0.3, 0.4) is 0 Å².